The average molecular weight is 224 g/mol. The SMILES string of the molecule is CC.CNc1ncc([N+](=O)[O-])cc1C(C)=N. The molecule has 6 nitrogen and oxygen atoms in total. The number of aromatic nitrogens is 1. The molecule has 0 fully saturated rings. The summed E-state index contributed by atoms with van der Waals surface area (Å²) >= 11 is 0. The summed E-state index contributed by atoms with van der Waals surface area (Å²) in [5.74, 6) is 0.475. The van der Waals surface area contributed by atoms with Gasteiger partial charge in [-0.05, 0) is 6.92 Å². The second kappa shape index (κ2) is 6.49. The van der Waals surface area contributed by atoms with Gasteiger partial charge in [0.05, 0.1) is 4.92 Å². The summed E-state index contributed by atoms with van der Waals surface area (Å²) in [5, 5.41) is 20.6. The van der Waals surface area contributed by atoms with Crippen LogP contribution < -0.4 is 5.32 Å². The van der Waals surface area contributed by atoms with Crippen LogP contribution in [0.25, 0.3) is 0 Å². The predicted octanol–water partition coefficient (Wildman–Crippen LogP) is 2.45. The van der Waals surface area contributed by atoms with Crippen LogP contribution >= 0.6 is 0 Å². The highest BCUT2D eigenvalue weighted by molar-refractivity contribution is 6.01. The lowest BCUT2D eigenvalue weighted by Gasteiger charge is -2.05. The van der Waals surface area contributed by atoms with Crippen molar-refractivity contribution < 1.29 is 4.92 Å². The fourth-order valence-electron chi connectivity index (χ4n) is 1.04. The minimum Gasteiger partial charge on any atom is -0.373 e. The van der Waals surface area contributed by atoms with Gasteiger partial charge in [0.1, 0.15) is 12.0 Å². The molecule has 0 aliphatic carbocycles. The molecule has 1 heterocycles. The van der Waals surface area contributed by atoms with Gasteiger partial charge in [0.2, 0.25) is 0 Å². The molecule has 1 rings (SSSR count). The van der Waals surface area contributed by atoms with Crippen LogP contribution in [-0.2, 0) is 0 Å². The number of pyridine rings is 1. The number of hydrogen-bond donors (Lipinski definition) is 2. The fourth-order valence-corrected chi connectivity index (χ4v) is 1.04. The normalized spacial score (nSPS) is 8.75. The number of nitrogens with zero attached hydrogens (tertiary/aromatic N) is 2. The molecule has 0 atom stereocenters. The van der Waals surface area contributed by atoms with E-state index in [9.17, 15) is 10.1 Å². The van der Waals surface area contributed by atoms with Crippen LogP contribution in [0.5, 0.6) is 0 Å². The molecule has 1 aromatic heterocycles. The summed E-state index contributed by atoms with van der Waals surface area (Å²) in [5.41, 5.74) is 0.581. The Balaban J connectivity index is 0.00000106. The Hall–Kier alpha value is -1.98. The van der Waals surface area contributed by atoms with E-state index in [1.54, 1.807) is 14.0 Å². The molecule has 1 aromatic rings. The largest absolute Gasteiger partial charge is 0.373 e. The van der Waals surface area contributed by atoms with E-state index in [1.165, 1.54) is 6.07 Å². The molecule has 16 heavy (non-hydrogen) atoms. The molecule has 0 saturated carbocycles. The standard InChI is InChI=1S/C8H10N4O2.C2H6/c1-5(9)7-3-6(12(13)14)4-11-8(7)10-2;1-2/h3-4,9H,1-2H3,(H,10,11);1-2H3. The highest BCUT2D eigenvalue weighted by Gasteiger charge is 2.12. The van der Waals surface area contributed by atoms with E-state index in [1.807, 2.05) is 13.8 Å². The zero-order valence-electron chi connectivity index (χ0n) is 9.87. The number of anilines is 1. The Morgan fingerprint density at radius 1 is 1.56 bits per heavy atom. The first-order chi connectivity index (χ1) is 7.56. The van der Waals surface area contributed by atoms with E-state index in [-0.39, 0.29) is 11.4 Å². The van der Waals surface area contributed by atoms with Crippen LogP contribution in [0.1, 0.15) is 26.3 Å². The zero-order chi connectivity index (χ0) is 12.7. The van der Waals surface area contributed by atoms with E-state index >= 15 is 0 Å². The minimum absolute atomic E-state index is 0.106. The van der Waals surface area contributed by atoms with Crippen molar-refractivity contribution in [1.82, 2.24) is 4.98 Å². The molecule has 6 heteroatoms. The Labute approximate surface area is 94.4 Å². The summed E-state index contributed by atoms with van der Waals surface area (Å²) in [6.07, 6.45) is 1.16. The maximum absolute atomic E-state index is 10.5. The van der Waals surface area contributed by atoms with Gasteiger partial charge >= 0.3 is 0 Å². The molecule has 0 unspecified atom stereocenters. The van der Waals surface area contributed by atoms with Gasteiger partial charge in [0.15, 0.2) is 0 Å². The Bertz CT molecular complexity index is 390. The van der Waals surface area contributed by atoms with Gasteiger partial charge in [-0.2, -0.15) is 0 Å². The lowest BCUT2D eigenvalue weighted by molar-refractivity contribution is -0.385. The highest BCUT2D eigenvalue weighted by Crippen LogP contribution is 2.18. The van der Waals surface area contributed by atoms with Crippen molar-refractivity contribution >= 4 is 17.2 Å². The maximum Gasteiger partial charge on any atom is 0.288 e. The van der Waals surface area contributed by atoms with Crippen LogP contribution in [0.15, 0.2) is 12.3 Å². The van der Waals surface area contributed by atoms with Gasteiger partial charge in [0.25, 0.3) is 5.69 Å². The van der Waals surface area contributed by atoms with E-state index in [0.29, 0.717) is 11.4 Å². The van der Waals surface area contributed by atoms with Gasteiger partial charge < -0.3 is 10.7 Å². The first kappa shape index (κ1) is 14.0. The van der Waals surface area contributed by atoms with Crippen molar-refractivity contribution in [1.29, 1.82) is 5.41 Å². The van der Waals surface area contributed by atoms with E-state index in [4.69, 9.17) is 5.41 Å². The third-order valence-corrected chi connectivity index (χ3v) is 1.72. The zero-order valence-corrected chi connectivity index (χ0v) is 9.87. The lowest BCUT2D eigenvalue weighted by Crippen LogP contribution is -2.04. The molecule has 88 valence electrons. The predicted molar refractivity (Wildman–Crippen MR) is 64.3 cm³/mol. The highest BCUT2D eigenvalue weighted by atomic mass is 16.6. The van der Waals surface area contributed by atoms with Gasteiger partial charge in [-0.25, -0.2) is 4.98 Å². The fraction of sp³-hybridized carbons (Fsp3) is 0.400. The topological polar surface area (TPSA) is 91.9 Å². The van der Waals surface area contributed by atoms with Gasteiger partial charge in [-0.1, -0.05) is 13.8 Å². The van der Waals surface area contributed by atoms with Crippen molar-refractivity contribution in [2.75, 3.05) is 12.4 Å². The van der Waals surface area contributed by atoms with Crippen LogP contribution in [0, 0.1) is 15.5 Å². The van der Waals surface area contributed by atoms with Gasteiger partial charge in [0, 0.05) is 24.4 Å². The van der Waals surface area contributed by atoms with Crippen molar-refractivity contribution in [3.63, 3.8) is 0 Å². The molecule has 0 aliphatic rings. The molecular formula is C10H16N4O2. The Morgan fingerprint density at radius 3 is 2.50 bits per heavy atom. The summed E-state index contributed by atoms with van der Waals surface area (Å²) in [4.78, 5) is 13.8. The number of nitrogens with one attached hydrogen (secondary N) is 2. The summed E-state index contributed by atoms with van der Waals surface area (Å²) in [6.45, 7) is 5.56. The second-order valence-electron chi connectivity index (χ2n) is 2.72. The first-order valence-corrected chi connectivity index (χ1v) is 4.94. The van der Waals surface area contributed by atoms with Crippen LogP contribution in [0.4, 0.5) is 11.5 Å². The summed E-state index contributed by atoms with van der Waals surface area (Å²) in [6, 6.07) is 1.33. The van der Waals surface area contributed by atoms with Crippen LogP contribution in [-0.4, -0.2) is 22.7 Å². The van der Waals surface area contributed by atoms with E-state index < -0.39 is 4.92 Å². The second-order valence-corrected chi connectivity index (χ2v) is 2.72. The van der Waals surface area contributed by atoms with Gasteiger partial charge in [-0.3, -0.25) is 10.1 Å². The molecular weight excluding hydrogens is 208 g/mol. The smallest absolute Gasteiger partial charge is 0.288 e. The van der Waals surface area contributed by atoms with Crippen molar-refractivity contribution in [2.45, 2.75) is 20.8 Å². The molecule has 0 bridgehead atoms. The minimum atomic E-state index is -0.529. The van der Waals surface area contributed by atoms with Crippen molar-refractivity contribution in [3.05, 3.63) is 27.9 Å². The van der Waals surface area contributed by atoms with Crippen molar-refractivity contribution in [2.24, 2.45) is 0 Å². The molecule has 0 aliphatic heterocycles. The Kier molecular flexibility index (Phi) is 5.69. The summed E-state index contributed by atoms with van der Waals surface area (Å²) in [7, 11) is 1.65. The summed E-state index contributed by atoms with van der Waals surface area (Å²) < 4.78 is 0. The third-order valence-electron chi connectivity index (χ3n) is 1.72. The average Bonchev–Trinajstić information content (AvgIpc) is 2.30. The third kappa shape index (κ3) is 3.30. The quantitative estimate of drug-likeness (QED) is 0.468. The van der Waals surface area contributed by atoms with E-state index in [0.717, 1.165) is 6.20 Å². The number of rotatable bonds is 3. The molecule has 0 amide bonds. The van der Waals surface area contributed by atoms with Crippen LogP contribution in [0.2, 0.25) is 0 Å². The van der Waals surface area contributed by atoms with Crippen molar-refractivity contribution in [3.8, 4) is 0 Å². The molecule has 0 spiro atoms. The van der Waals surface area contributed by atoms with Crippen LogP contribution in [0.3, 0.4) is 0 Å². The van der Waals surface area contributed by atoms with Gasteiger partial charge in [-0.15, -0.1) is 0 Å². The number of hydrogen-bond acceptors (Lipinski definition) is 5. The number of nitro groups is 1. The first-order valence-electron chi connectivity index (χ1n) is 4.94. The molecule has 0 radical (unpaired) electrons. The monoisotopic (exact) mass is 224 g/mol. The molecule has 0 aromatic carbocycles. The Morgan fingerprint density at radius 2 is 2.12 bits per heavy atom. The maximum atomic E-state index is 10.5. The molecule has 0 saturated heterocycles. The lowest BCUT2D eigenvalue weighted by atomic mass is 10.1. The van der Waals surface area contributed by atoms with E-state index in [2.05, 4.69) is 10.3 Å². The molecule has 2 N–H and O–H groups in total.